The van der Waals surface area contributed by atoms with Crippen LogP contribution in [0.25, 0.3) is 0 Å². The molecule has 1 rings (SSSR count). The number of aliphatic hydroxyl groups is 5. The molecular weight excluding hydrogens is 847 g/mol. The Kier molecular flexibility index (Phi) is 40.3. The van der Waals surface area contributed by atoms with Crippen LogP contribution in [0.1, 0.15) is 181 Å². The molecule has 0 aromatic rings. The summed E-state index contributed by atoms with van der Waals surface area (Å²) in [6.45, 7) is 5.50. The second-order valence-corrected chi connectivity index (χ2v) is 17.7. The summed E-state index contributed by atoms with van der Waals surface area (Å²) in [6, 6.07) is -1.07. The van der Waals surface area contributed by atoms with Crippen LogP contribution in [0.4, 0.5) is 0 Å². The summed E-state index contributed by atoms with van der Waals surface area (Å²) < 4.78 is 17.5. The summed E-state index contributed by atoms with van der Waals surface area (Å²) in [5.41, 5.74) is 0. The van der Waals surface area contributed by atoms with Crippen molar-refractivity contribution in [3.63, 3.8) is 0 Å². The molecule has 6 N–H and O–H groups in total. The van der Waals surface area contributed by atoms with E-state index in [2.05, 4.69) is 56.5 Å². The first-order chi connectivity index (χ1) is 32.7. The lowest BCUT2D eigenvalue weighted by molar-refractivity contribution is -0.305. The van der Waals surface area contributed by atoms with E-state index in [1.165, 1.54) is 57.8 Å². The third kappa shape index (κ3) is 32.9. The molecule has 0 aromatic carbocycles. The van der Waals surface area contributed by atoms with Crippen molar-refractivity contribution in [1.82, 2.24) is 5.32 Å². The van der Waals surface area contributed by atoms with E-state index in [1.54, 1.807) is 6.08 Å². The van der Waals surface area contributed by atoms with Crippen LogP contribution in [0.5, 0.6) is 0 Å². The summed E-state index contributed by atoms with van der Waals surface area (Å²) in [7, 11) is 0. The fraction of sp³-hybridized carbons (Fsp3) is 0.679. The SMILES string of the molecule is CC/C=C/C=C/C=C\C=C/C=C/CCC(O)C(=O)NC(COC1OC(CO)C(O)C(O)C1OC(=O)CCCCCCCC/C=C/C=C/CCCCC)C(O)/C=C/CCCCCCCCCCC. The minimum Gasteiger partial charge on any atom is -0.454 e. The van der Waals surface area contributed by atoms with Crippen molar-refractivity contribution in [2.45, 2.75) is 230 Å². The molecule has 0 saturated carbocycles. The Morgan fingerprint density at radius 3 is 1.66 bits per heavy atom. The molecular formula is C56H93NO10. The molecule has 1 aliphatic rings. The number of hydrogen-bond acceptors (Lipinski definition) is 10. The van der Waals surface area contributed by atoms with Crippen molar-refractivity contribution in [1.29, 1.82) is 0 Å². The molecule has 0 bridgehead atoms. The Hall–Kier alpha value is -3.42. The number of allylic oxidation sites excluding steroid dienone is 15. The Morgan fingerprint density at radius 2 is 1.07 bits per heavy atom. The van der Waals surface area contributed by atoms with Gasteiger partial charge in [-0.15, -0.1) is 0 Å². The van der Waals surface area contributed by atoms with E-state index in [4.69, 9.17) is 14.2 Å². The zero-order valence-corrected chi connectivity index (χ0v) is 41.7. The number of hydrogen-bond donors (Lipinski definition) is 6. The number of rotatable bonds is 41. The van der Waals surface area contributed by atoms with Gasteiger partial charge < -0.3 is 45.1 Å². The zero-order chi connectivity index (χ0) is 49.0. The van der Waals surface area contributed by atoms with E-state index < -0.39 is 67.4 Å². The van der Waals surface area contributed by atoms with Gasteiger partial charge in [0, 0.05) is 6.42 Å². The average Bonchev–Trinajstić information content (AvgIpc) is 3.32. The van der Waals surface area contributed by atoms with Crippen molar-refractivity contribution in [3.05, 3.63) is 97.2 Å². The van der Waals surface area contributed by atoms with E-state index in [0.29, 0.717) is 12.8 Å². The van der Waals surface area contributed by atoms with Crippen LogP contribution in [0.15, 0.2) is 97.2 Å². The van der Waals surface area contributed by atoms with Crippen LogP contribution in [-0.4, -0.2) is 99.6 Å². The molecule has 1 aliphatic heterocycles. The molecule has 67 heavy (non-hydrogen) atoms. The second-order valence-electron chi connectivity index (χ2n) is 17.7. The van der Waals surface area contributed by atoms with Gasteiger partial charge in [0.05, 0.1) is 25.4 Å². The number of unbranched alkanes of at least 4 members (excludes halogenated alkanes) is 18. The van der Waals surface area contributed by atoms with Gasteiger partial charge in [-0.1, -0.05) is 208 Å². The standard InChI is InChI=1S/C56H93NO10/c1-4-7-10-13-16-19-22-24-25-26-29-32-35-38-41-44-51(61)67-54-53(63)52(62)50(45-58)66-56(54)65-46-47(48(59)42-39-36-33-30-27-21-18-15-12-9-6-3)57-55(64)49(60)43-40-37-34-31-28-23-20-17-14-11-8-5-2/h8,11,14,16-17,19-20,22-24,28,31,34,37,39,42,47-50,52-54,56,58-60,62-63H,4-7,9-10,12-13,15,18,21,25-27,29-30,32-33,35-36,38,40-41,43-46H2,1-3H3,(H,57,64)/b11-8+,17-14+,19-16+,23-20-,24-22+,31-28-,37-34+,42-39+. The Bertz CT molecular complexity index is 1450. The highest BCUT2D eigenvalue weighted by molar-refractivity contribution is 5.80. The smallest absolute Gasteiger partial charge is 0.306 e. The molecule has 0 aromatic heterocycles. The van der Waals surface area contributed by atoms with Crippen molar-refractivity contribution in [2.24, 2.45) is 0 Å². The zero-order valence-electron chi connectivity index (χ0n) is 41.7. The van der Waals surface area contributed by atoms with Crippen LogP contribution >= 0.6 is 0 Å². The molecule has 0 spiro atoms. The van der Waals surface area contributed by atoms with Crippen molar-refractivity contribution >= 4 is 11.9 Å². The first kappa shape index (κ1) is 61.6. The van der Waals surface area contributed by atoms with Gasteiger partial charge in [0.1, 0.15) is 24.4 Å². The van der Waals surface area contributed by atoms with Gasteiger partial charge in [0.2, 0.25) is 5.91 Å². The van der Waals surface area contributed by atoms with Gasteiger partial charge in [0.25, 0.3) is 0 Å². The van der Waals surface area contributed by atoms with E-state index in [1.807, 2.05) is 60.8 Å². The first-order valence-corrected chi connectivity index (χ1v) is 26.1. The van der Waals surface area contributed by atoms with Crippen molar-refractivity contribution in [2.75, 3.05) is 13.2 Å². The fourth-order valence-corrected chi connectivity index (χ4v) is 7.43. The van der Waals surface area contributed by atoms with Gasteiger partial charge in [-0.25, -0.2) is 0 Å². The number of carbonyl (C=O) groups excluding carboxylic acids is 2. The van der Waals surface area contributed by atoms with Gasteiger partial charge >= 0.3 is 5.97 Å². The largest absolute Gasteiger partial charge is 0.454 e. The van der Waals surface area contributed by atoms with E-state index >= 15 is 0 Å². The number of aliphatic hydroxyl groups excluding tert-OH is 5. The number of esters is 1. The monoisotopic (exact) mass is 940 g/mol. The highest BCUT2D eigenvalue weighted by Crippen LogP contribution is 2.26. The van der Waals surface area contributed by atoms with Gasteiger partial charge in [-0.2, -0.15) is 0 Å². The van der Waals surface area contributed by atoms with Crippen molar-refractivity contribution in [3.8, 4) is 0 Å². The Balaban J connectivity index is 2.83. The lowest BCUT2D eigenvalue weighted by Gasteiger charge is -2.41. The summed E-state index contributed by atoms with van der Waals surface area (Å²) >= 11 is 0. The molecule has 11 heteroatoms. The highest BCUT2D eigenvalue weighted by atomic mass is 16.7. The van der Waals surface area contributed by atoms with Crippen LogP contribution in [0.3, 0.4) is 0 Å². The summed E-state index contributed by atoms with van der Waals surface area (Å²) in [6.07, 6.45) is 46.2. The van der Waals surface area contributed by atoms with Gasteiger partial charge in [-0.05, 0) is 64.2 Å². The van der Waals surface area contributed by atoms with Gasteiger partial charge in [-0.3, -0.25) is 9.59 Å². The lowest BCUT2D eigenvalue weighted by atomic mass is 9.99. The molecule has 0 radical (unpaired) electrons. The van der Waals surface area contributed by atoms with Gasteiger partial charge in [0.15, 0.2) is 12.4 Å². The fourth-order valence-electron chi connectivity index (χ4n) is 7.43. The molecule has 11 nitrogen and oxygen atoms in total. The predicted molar refractivity (Wildman–Crippen MR) is 273 cm³/mol. The maximum absolute atomic E-state index is 13.3. The number of ether oxygens (including phenoxy) is 3. The normalized spacial score (nSPS) is 20.9. The Labute approximate surface area is 405 Å². The third-order valence-corrected chi connectivity index (χ3v) is 11.6. The van der Waals surface area contributed by atoms with E-state index in [-0.39, 0.29) is 19.4 Å². The maximum atomic E-state index is 13.3. The maximum Gasteiger partial charge on any atom is 0.306 e. The molecule has 0 aliphatic carbocycles. The number of amides is 1. The quantitative estimate of drug-likeness (QED) is 0.0150. The third-order valence-electron chi connectivity index (χ3n) is 11.6. The summed E-state index contributed by atoms with van der Waals surface area (Å²) in [5, 5.41) is 56.4. The lowest BCUT2D eigenvalue weighted by Crippen LogP contribution is -2.61. The second kappa shape index (κ2) is 43.8. The minimum absolute atomic E-state index is 0.0964. The van der Waals surface area contributed by atoms with Crippen molar-refractivity contribution < 1.29 is 49.3 Å². The molecule has 1 fully saturated rings. The van der Waals surface area contributed by atoms with Crippen LogP contribution in [-0.2, 0) is 23.8 Å². The van der Waals surface area contributed by atoms with Crippen LogP contribution in [0, 0.1) is 0 Å². The van der Waals surface area contributed by atoms with E-state index in [9.17, 15) is 35.1 Å². The Morgan fingerprint density at radius 1 is 0.597 bits per heavy atom. The summed E-state index contributed by atoms with van der Waals surface area (Å²) in [4.78, 5) is 26.3. The summed E-state index contributed by atoms with van der Waals surface area (Å²) in [5.74, 6) is -1.30. The molecule has 8 unspecified atom stereocenters. The highest BCUT2D eigenvalue weighted by Gasteiger charge is 2.47. The van der Waals surface area contributed by atoms with Crippen LogP contribution in [0.2, 0.25) is 0 Å². The average molecular weight is 940 g/mol. The minimum atomic E-state index is -1.63. The van der Waals surface area contributed by atoms with Crippen LogP contribution < -0.4 is 5.32 Å². The molecule has 1 heterocycles. The predicted octanol–water partition coefficient (Wildman–Crippen LogP) is 10.8. The first-order valence-electron chi connectivity index (χ1n) is 26.1. The molecule has 8 atom stereocenters. The molecule has 1 amide bonds. The number of nitrogens with one attached hydrogen (secondary N) is 1. The molecule has 382 valence electrons. The topological polar surface area (TPSA) is 175 Å². The van der Waals surface area contributed by atoms with E-state index in [0.717, 1.165) is 77.0 Å². The molecule has 1 saturated heterocycles. The number of carbonyl (C=O) groups is 2.